The van der Waals surface area contributed by atoms with E-state index in [0.717, 1.165) is 11.8 Å². The average molecular weight is 244 g/mol. The lowest BCUT2D eigenvalue weighted by Crippen LogP contribution is -2.20. The van der Waals surface area contributed by atoms with E-state index >= 15 is 0 Å². The molecule has 0 nitrogen and oxygen atoms in total. The van der Waals surface area contributed by atoms with Crippen molar-refractivity contribution in [2.24, 2.45) is 17.3 Å². The van der Waals surface area contributed by atoms with Gasteiger partial charge in [-0.05, 0) is 48.2 Å². The monoisotopic (exact) mass is 244 g/mol. The summed E-state index contributed by atoms with van der Waals surface area (Å²) >= 11 is 4.50. The minimum atomic E-state index is 0.533. The molecule has 3 atom stereocenters. The van der Waals surface area contributed by atoms with Gasteiger partial charge in [0.2, 0.25) is 0 Å². The molecule has 0 saturated heterocycles. The number of hydrogen-bond acceptors (Lipinski definition) is 1. The predicted molar refractivity (Wildman–Crippen MR) is 79.3 cm³/mol. The first-order valence-electron chi connectivity index (χ1n) is 6.97. The first kappa shape index (κ1) is 16.4. The normalized spacial score (nSPS) is 19.5. The number of hydrogen-bond donors (Lipinski definition) is 1. The zero-order valence-corrected chi connectivity index (χ0v) is 13.1. The van der Waals surface area contributed by atoms with Crippen LogP contribution in [-0.2, 0) is 0 Å². The molecule has 0 spiro atoms. The SMILES string of the molecule is CCC(C)(CCC(C)S)CC(C)CC(C)C. The molecule has 0 aliphatic carbocycles. The zero-order valence-electron chi connectivity index (χ0n) is 12.2. The highest BCUT2D eigenvalue weighted by Gasteiger charge is 2.25. The van der Waals surface area contributed by atoms with Crippen LogP contribution in [0.4, 0.5) is 0 Å². The quantitative estimate of drug-likeness (QED) is 0.530. The molecule has 0 fully saturated rings. The van der Waals surface area contributed by atoms with E-state index in [1.54, 1.807) is 0 Å². The molecule has 0 amide bonds. The Balaban J connectivity index is 4.13. The summed E-state index contributed by atoms with van der Waals surface area (Å²) in [4.78, 5) is 0. The van der Waals surface area contributed by atoms with Crippen LogP contribution in [0.3, 0.4) is 0 Å². The third kappa shape index (κ3) is 7.60. The van der Waals surface area contributed by atoms with Gasteiger partial charge in [0.25, 0.3) is 0 Å². The van der Waals surface area contributed by atoms with Crippen molar-refractivity contribution in [3.63, 3.8) is 0 Å². The predicted octanol–water partition coefficient (Wildman–Crippen LogP) is 5.57. The van der Waals surface area contributed by atoms with Crippen LogP contribution in [0.15, 0.2) is 0 Å². The van der Waals surface area contributed by atoms with Gasteiger partial charge in [0, 0.05) is 0 Å². The van der Waals surface area contributed by atoms with Crippen molar-refractivity contribution in [3.8, 4) is 0 Å². The van der Waals surface area contributed by atoms with Crippen molar-refractivity contribution in [1.82, 2.24) is 0 Å². The van der Waals surface area contributed by atoms with E-state index in [0.29, 0.717) is 10.7 Å². The van der Waals surface area contributed by atoms with E-state index in [9.17, 15) is 0 Å². The molecule has 98 valence electrons. The summed E-state index contributed by atoms with van der Waals surface area (Å²) in [5.74, 6) is 1.69. The summed E-state index contributed by atoms with van der Waals surface area (Å²) in [5.41, 5.74) is 0.533. The van der Waals surface area contributed by atoms with Crippen LogP contribution in [-0.4, -0.2) is 5.25 Å². The Morgan fingerprint density at radius 3 is 2.06 bits per heavy atom. The molecule has 0 bridgehead atoms. The molecule has 0 rings (SSSR count). The Morgan fingerprint density at radius 2 is 1.69 bits per heavy atom. The standard InChI is InChI=1S/C15H32S/c1-7-15(6,9-8-14(5)16)11-13(4)10-12(2)3/h12-14,16H,7-11H2,1-6H3. The summed E-state index contributed by atoms with van der Waals surface area (Å²) in [7, 11) is 0. The van der Waals surface area contributed by atoms with Crippen molar-refractivity contribution in [2.45, 2.75) is 78.9 Å². The first-order valence-corrected chi connectivity index (χ1v) is 7.48. The second-order valence-corrected chi connectivity index (χ2v) is 7.37. The van der Waals surface area contributed by atoms with Gasteiger partial charge in [-0.15, -0.1) is 0 Å². The third-order valence-electron chi connectivity index (χ3n) is 3.73. The molecule has 0 aliphatic heterocycles. The zero-order chi connectivity index (χ0) is 12.8. The molecule has 1 heteroatoms. The molecular weight excluding hydrogens is 212 g/mol. The summed E-state index contributed by atoms with van der Waals surface area (Å²) in [6, 6.07) is 0. The molecule has 0 saturated carbocycles. The molecule has 16 heavy (non-hydrogen) atoms. The Hall–Kier alpha value is 0.350. The van der Waals surface area contributed by atoms with Crippen LogP contribution < -0.4 is 0 Å². The number of thiol groups is 1. The van der Waals surface area contributed by atoms with Gasteiger partial charge in [0.1, 0.15) is 0 Å². The van der Waals surface area contributed by atoms with Crippen molar-refractivity contribution in [1.29, 1.82) is 0 Å². The minimum Gasteiger partial charge on any atom is -0.176 e. The van der Waals surface area contributed by atoms with Gasteiger partial charge in [0.15, 0.2) is 0 Å². The van der Waals surface area contributed by atoms with Gasteiger partial charge in [-0.1, -0.05) is 48.0 Å². The highest BCUT2D eigenvalue weighted by Crippen LogP contribution is 2.37. The Bertz CT molecular complexity index is 174. The smallest absolute Gasteiger partial charge is 0.00114 e. The van der Waals surface area contributed by atoms with E-state index in [4.69, 9.17) is 0 Å². The molecule has 0 aromatic rings. The maximum atomic E-state index is 4.50. The average Bonchev–Trinajstić information content (AvgIpc) is 2.13. The fraction of sp³-hybridized carbons (Fsp3) is 1.00. The van der Waals surface area contributed by atoms with Crippen molar-refractivity contribution in [2.75, 3.05) is 0 Å². The van der Waals surface area contributed by atoms with Crippen LogP contribution in [0.1, 0.15) is 73.6 Å². The lowest BCUT2D eigenvalue weighted by atomic mass is 9.74. The Kier molecular flexibility index (Phi) is 7.80. The van der Waals surface area contributed by atoms with Gasteiger partial charge in [-0.25, -0.2) is 0 Å². The minimum absolute atomic E-state index is 0.533. The summed E-state index contributed by atoms with van der Waals surface area (Å²) in [6.07, 6.45) is 6.63. The summed E-state index contributed by atoms with van der Waals surface area (Å²) in [6.45, 7) is 14.1. The van der Waals surface area contributed by atoms with E-state index in [-0.39, 0.29) is 0 Å². The molecule has 0 radical (unpaired) electrons. The van der Waals surface area contributed by atoms with Crippen LogP contribution in [0.5, 0.6) is 0 Å². The highest BCUT2D eigenvalue weighted by molar-refractivity contribution is 7.80. The highest BCUT2D eigenvalue weighted by atomic mass is 32.1. The van der Waals surface area contributed by atoms with Crippen molar-refractivity contribution >= 4 is 12.6 Å². The van der Waals surface area contributed by atoms with Gasteiger partial charge >= 0.3 is 0 Å². The largest absolute Gasteiger partial charge is 0.176 e. The second kappa shape index (κ2) is 7.63. The maximum Gasteiger partial charge on any atom is -0.00114 e. The molecule has 0 N–H and O–H groups in total. The van der Waals surface area contributed by atoms with Crippen LogP contribution in [0.25, 0.3) is 0 Å². The third-order valence-corrected chi connectivity index (χ3v) is 3.99. The van der Waals surface area contributed by atoms with Crippen LogP contribution in [0, 0.1) is 17.3 Å². The summed E-state index contributed by atoms with van der Waals surface area (Å²) in [5, 5.41) is 0.547. The van der Waals surface area contributed by atoms with E-state index in [2.05, 4.69) is 54.2 Å². The molecule has 0 heterocycles. The second-order valence-electron chi connectivity index (χ2n) is 6.49. The topological polar surface area (TPSA) is 0 Å². The molecule has 0 aromatic heterocycles. The lowest BCUT2D eigenvalue weighted by molar-refractivity contribution is 0.201. The van der Waals surface area contributed by atoms with Crippen LogP contribution >= 0.6 is 12.6 Å². The van der Waals surface area contributed by atoms with Gasteiger partial charge < -0.3 is 0 Å². The summed E-state index contributed by atoms with van der Waals surface area (Å²) < 4.78 is 0. The molecule has 3 unspecified atom stereocenters. The van der Waals surface area contributed by atoms with E-state index in [1.807, 2.05) is 0 Å². The first-order chi connectivity index (χ1) is 7.29. The Morgan fingerprint density at radius 1 is 1.12 bits per heavy atom. The van der Waals surface area contributed by atoms with Crippen molar-refractivity contribution in [3.05, 3.63) is 0 Å². The molecule has 0 aromatic carbocycles. The maximum absolute atomic E-state index is 4.50. The number of rotatable bonds is 8. The Labute approximate surface area is 109 Å². The van der Waals surface area contributed by atoms with Gasteiger partial charge in [0.05, 0.1) is 0 Å². The van der Waals surface area contributed by atoms with Gasteiger partial charge in [-0.3, -0.25) is 0 Å². The van der Waals surface area contributed by atoms with Crippen molar-refractivity contribution < 1.29 is 0 Å². The molecular formula is C15H32S. The lowest BCUT2D eigenvalue weighted by Gasteiger charge is -2.32. The fourth-order valence-corrected chi connectivity index (χ4v) is 2.84. The van der Waals surface area contributed by atoms with E-state index in [1.165, 1.54) is 32.1 Å². The van der Waals surface area contributed by atoms with Crippen LogP contribution in [0.2, 0.25) is 0 Å². The fourth-order valence-electron chi connectivity index (χ4n) is 2.71. The van der Waals surface area contributed by atoms with Gasteiger partial charge in [-0.2, -0.15) is 12.6 Å². The van der Waals surface area contributed by atoms with E-state index < -0.39 is 0 Å². The molecule has 0 aliphatic rings.